The van der Waals surface area contributed by atoms with Gasteiger partial charge in [-0.05, 0) is 13.8 Å². The van der Waals surface area contributed by atoms with E-state index in [0.717, 1.165) is 16.5 Å². The second-order valence-corrected chi connectivity index (χ2v) is 12.3. The third-order valence-corrected chi connectivity index (χ3v) is 9.09. The Morgan fingerprint density at radius 1 is 0.537 bits per heavy atom. The lowest BCUT2D eigenvalue weighted by molar-refractivity contribution is 0.103. The number of H-pyrrole nitrogens is 1. The second kappa shape index (κ2) is 11.2. The van der Waals surface area contributed by atoms with Crippen molar-refractivity contribution in [1.82, 2.24) is 74.4 Å². The fraction of sp³-hybridized carbons (Fsp3) is 0.0571. The zero-order valence-electron chi connectivity index (χ0n) is 27.9. The standard InChI is InChI=1S/2C12H7N5O.C11H6N6O/c1-6-14-15-12-13-10-9(16-17(6)12)7-4-2-3-5-8(7)11(10)18;1-6-14-15-12-13-9-7-4-2-3-5-8(7)11(18)10(9)16-17(6)12;12-10-14-15-11-13-8-7(16-17(10)11)5-3-1-2-4-6(5)9(8)18/h2*2-5H,1H3;1-4,12,16H. The van der Waals surface area contributed by atoms with Crippen molar-refractivity contribution >= 4 is 50.7 Å². The number of ketones is 2. The molecule has 0 atom stereocenters. The number of carbonyl (C=O) groups is 2. The highest BCUT2D eigenvalue weighted by molar-refractivity contribution is 6.20. The lowest BCUT2D eigenvalue weighted by Crippen LogP contribution is -2.13. The number of aromatic amines is 1. The number of aryl methyl sites for hydroxylation is 2. The fourth-order valence-corrected chi connectivity index (χ4v) is 6.53. The van der Waals surface area contributed by atoms with Crippen LogP contribution in [0.2, 0.25) is 0 Å². The minimum Gasteiger partial charge on any atom is -0.287 e. The van der Waals surface area contributed by atoms with E-state index in [9.17, 15) is 14.4 Å². The minimum atomic E-state index is -0.131. The van der Waals surface area contributed by atoms with Crippen molar-refractivity contribution in [2.75, 3.05) is 0 Å². The van der Waals surface area contributed by atoms with Crippen LogP contribution in [-0.4, -0.2) is 86.0 Å². The van der Waals surface area contributed by atoms with Gasteiger partial charge in [0.2, 0.25) is 17.0 Å². The molecule has 0 bridgehead atoms. The summed E-state index contributed by atoms with van der Waals surface area (Å²) < 4.78 is 4.38. The number of fused-ring (bicyclic) bond motifs is 12. The van der Waals surface area contributed by atoms with E-state index >= 15 is 0 Å². The predicted molar refractivity (Wildman–Crippen MR) is 188 cm³/mol. The molecular weight excluding hydrogens is 692 g/mol. The molecule has 2 aliphatic carbocycles. The molecule has 54 heavy (non-hydrogen) atoms. The van der Waals surface area contributed by atoms with Crippen LogP contribution in [0.4, 0.5) is 0 Å². The summed E-state index contributed by atoms with van der Waals surface area (Å²) in [6, 6.07) is 22.0. The van der Waals surface area contributed by atoms with E-state index in [1.807, 2.05) is 54.6 Å². The molecule has 0 radical (unpaired) electrons. The Hall–Kier alpha value is -8.09. The van der Waals surface area contributed by atoms with Crippen molar-refractivity contribution in [1.29, 1.82) is 5.41 Å². The number of rotatable bonds is 0. The number of benzene rings is 3. The Kier molecular flexibility index (Phi) is 6.37. The molecular formula is C35H20N16O3. The molecule has 19 nitrogen and oxygen atoms in total. The first-order valence-corrected chi connectivity index (χ1v) is 16.3. The number of nitrogens with zero attached hydrogens (tertiary/aromatic N) is 14. The van der Waals surface area contributed by atoms with E-state index in [4.69, 9.17) is 5.41 Å². The molecule has 2 aliphatic rings. The highest BCUT2D eigenvalue weighted by atomic mass is 16.1. The smallest absolute Gasteiger partial charge is 0.272 e. The van der Waals surface area contributed by atoms with E-state index in [-0.39, 0.29) is 28.4 Å². The average Bonchev–Trinajstić information content (AvgIpc) is 4.04. The molecule has 12 rings (SSSR count). The maximum atomic E-state index is 12.2. The first kappa shape index (κ1) is 30.7. The molecule has 10 aromatic rings. The third-order valence-electron chi connectivity index (χ3n) is 9.09. The predicted octanol–water partition coefficient (Wildman–Crippen LogP) is 2.11. The van der Waals surface area contributed by atoms with Gasteiger partial charge in [0, 0.05) is 33.0 Å². The van der Waals surface area contributed by atoms with Gasteiger partial charge in [-0.15, -0.1) is 30.6 Å². The summed E-state index contributed by atoms with van der Waals surface area (Å²) in [6.07, 6.45) is 0. The highest BCUT2D eigenvalue weighted by Gasteiger charge is 2.32. The quantitative estimate of drug-likeness (QED) is 0.229. The van der Waals surface area contributed by atoms with Gasteiger partial charge in [-0.25, -0.2) is 15.0 Å². The van der Waals surface area contributed by atoms with Gasteiger partial charge in [0.25, 0.3) is 23.0 Å². The van der Waals surface area contributed by atoms with E-state index in [1.165, 1.54) is 9.03 Å². The van der Waals surface area contributed by atoms with Gasteiger partial charge < -0.3 is 0 Å². The molecule has 0 unspecified atom stereocenters. The van der Waals surface area contributed by atoms with Crippen LogP contribution in [0.5, 0.6) is 0 Å². The molecule has 6 heterocycles. The van der Waals surface area contributed by atoms with Crippen molar-refractivity contribution in [3.8, 4) is 22.5 Å². The summed E-state index contributed by atoms with van der Waals surface area (Å²) in [6.45, 7) is 3.57. The lowest BCUT2D eigenvalue weighted by atomic mass is 10.1. The van der Waals surface area contributed by atoms with Crippen LogP contribution >= 0.6 is 0 Å². The zero-order valence-corrected chi connectivity index (χ0v) is 27.9. The van der Waals surface area contributed by atoms with Crippen LogP contribution in [0.3, 0.4) is 0 Å². The summed E-state index contributed by atoms with van der Waals surface area (Å²) in [5, 5.41) is 43.6. The zero-order chi connectivity index (χ0) is 36.8. The topological polar surface area (TPSA) is 246 Å². The van der Waals surface area contributed by atoms with Crippen molar-refractivity contribution in [2.24, 2.45) is 0 Å². The monoisotopic (exact) mass is 712 g/mol. The molecule has 0 amide bonds. The molecule has 258 valence electrons. The van der Waals surface area contributed by atoms with Crippen molar-refractivity contribution < 1.29 is 9.59 Å². The molecule has 19 heteroatoms. The average molecular weight is 713 g/mol. The third kappa shape index (κ3) is 4.38. The Morgan fingerprint density at radius 3 is 1.72 bits per heavy atom. The summed E-state index contributed by atoms with van der Waals surface area (Å²) in [7, 11) is 0. The first-order valence-electron chi connectivity index (χ1n) is 16.3. The Bertz CT molecular complexity index is 3360. The second-order valence-electron chi connectivity index (χ2n) is 12.3. The van der Waals surface area contributed by atoms with Crippen LogP contribution < -0.4 is 11.0 Å². The van der Waals surface area contributed by atoms with Crippen LogP contribution in [0.1, 0.15) is 43.8 Å². The van der Waals surface area contributed by atoms with Crippen LogP contribution in [0, 0.1) is 19.3 Å². The Labute approximate surface area is 298 Å². The molecule has 6 aromatic heterocycles. The van der Waals surface area contributed by atoms with Crippen LogP contribution in [0.15, 0.2) is 77.6 Å². The Balaban J connectivity index is 0.000000100. The summed E-state index contributed by atoms with van der Waals surface area (Å²) in [4.78, 5) is 49.3. The molecule has 0 saturated carbocycles. The molecule has 0 saturated heterocycles. The van der Waals surface area contributed by atoms with Gasteiger partial charge in [0.1, 0.15) is 22.6 Å². The van der Waals surface area contributed by atoms with E-state index in [2.05, 4.69) is 60.8 Å². The van der Waals surface area contributed by atoms with Gasteiger partial charge in [-0.3, -0.25) is 24.9 Å². The van der Waals surface area contributed by atoms with Crippen molar-refractivity contribution in [3.05, 3.63) is 123 Å². The number of hydrogen-bond acceptors (Lipinski definition) is 15. The molecule has 0 fully saturated rings. The number of aromatic nitrogens is 15. The lowest BCUT2D eigenvalue weighted by Gasteiger charge is -1.98. The van der Waals surface area contributed by atoms with Gasteiger partial charge in [-0.2, -0.15) is 23.7 Å². The van der Waals surface area contributed by atoms with Gasteiger partial charge in [0.05, 0.1) is 5.52 Å². The summed E-state index contributed by atoms with van der Waals surface area (Å²) >= 11 is 0. The number of carbonyl (C=O) groups excluding carboxylic acids is 2. The SMILES string of the molecule is Cc1nnc2nc3c(nn12)-c1ccccc1C3=O.Cc1nnc2nc3c(nn12)C(=O)c1ccccc1-3.N=c1nnc2nc3c(=O)c4ccccc4c3[nH]n12. The number of nitrogens with one attached hydrogen (secondary N) is 2. The largest absolute Gasteiger partial charge is 0.287 e. The van der Waals surface area contributed by atoms with Gasteiger partial charge in [0.15, 0.2) is 17.3 Å². The van der Waals surface area contributed by atoms with E-state index in [0.29, 0.717) is 73.5 Å². The van der Waals surface area contributed by atoms with Crippen molar-refractivity contribution in [2.45, 2.75) is 13.8 Å². The van der Waals surface area contributed by atoms with Crippen molar-refractivity contribution in [3.63, 3.8) is 0 Å². The minimum absolute atomic E-state index is 0.0443. The van der Waals surface area contributed by atoms with Gasteiger partial charge in [-0.1, -0.05) is 72.8 Å². The van der Waals surface area contributed by atoms with Crippen LogP contribution in [-0.2, 0) is 0 Å². The molecule has 0 aliphatic heterocycles. The van der Waals surface area contributed by atoms with E-state index in [1.54, 1.807) is 36.6 Å². The fourth-order valence-electron chi connectivity index (χ4n) is 6.53. The van der Waals surface area contributed by atoms with E-state index < -0.39 is 0 Å². The molecule has 4 aromatic carbocycles. The molecule has 2 N–H and O–H groups in total. The summed E-state index contributed by atoms with van der Waals surface area (Å²) in [5.41, 5.74) is 5.61. The normalized spacial score (nSPS) is 12.5. The maximum absolute atomic E-state index is 12.2. The highest BCUT2D eigenvalue weighted by Crippen LogP contribution is 2.34. The molecule has 0 spiro atoms. The maximum Gasteiger partial charge on any atom is 0.272 e. The van der Waals surface area contributed by atoms with Crippen LogP contribution in [0.25, 0.3) is 61.7 Å². The summed E-state index contributed by atoms with van der Waals surface area (Å²) in [5.74, 6) is 2.06. The Morgan fingerprint density at radius 2 is 1.06 bits per heavy atom. The number of hydrogen-bond donors (Lipinski definition) is 2. The first-order chi connectivity index (χ1) is 26.3. The van der Waals surface area contributed by atoms with Gasteiger partial charge >= 0.3 is 0 Å².